The Morgan fingerprint density at radius 1 is 1.05 bits per heavy atom. The van der Waals surface area contributed by atoms with Crippen molar-refractivity contribution >= 4 is 11.4 Å². The van der Waals surface area contributed by atoms with Crippen LogP contribution in [-0.4, -0.2) is 69.5 Å². The Morgan fingerprint density at radius 2 is 1.82 bits per heavy atom. The summed E-state index contributed by atoms with van der Waals surface area (Å²) in [7, 11) is 0. The molecule has 0 radical (unpaired) electrons. The van der Waals surface area contributed by atoms with Gasteiger partial charge in [0.15, 0.2) is 0 Å². The van der Waals surface area contributed by atoms with Crippen molar-refractivity contribution in [1.29, 1.82) is 0 Å². The number of aromatic nitrogens is 2. The van der Waals surface area contributed by atoms with Crippen molar-refractivity contribution < 1.29 is 23.4 Å². The highest BCUT2D eigenvalue weighted by Crippen LogP contribution is 2.31. The predicted molar refractivity (Wildman–Crippen MR) is 142 cm³/mol. The average Bonchev–Trinajstić information content (AvgIpc) is 3.31. The summed E-state index contributed by atoms with van der Waals surface area (Å²) < 4.78 is 44.9. The Bertz CT molecular complexity index is 1290. The number of piperidine rings is 1. The Hall–Kier alpha value is -3.25. The first-order valence-corrected chi connectivity index (χ1v) is 13.1. The van der Waals surface area contributed by atoms with Crippen LogP contribution in [0.15, 0.2) is 42.7 Å². The van der Waals surface area contributed by atoms with Gasteiger partial charge in [-0.3, -0.25) is 9.88 Å². The van der Waals surface area contributed by atoms with Gasteiger partial charge in [0.05, 0.1) is 47.6 Å². The number of aliphatic hydroxyl groups is 2. The van der Waals surface area contributed by atoms with E-state index in [0.717, 1.165) is 11.8 Å². The van der Waals surface area contributed by atoms with E-state index in [1.807, 2.05) is 17.9 Å². The number of nitrogens with two attached hydrogens (primary N) is 1. The van der Waals surface area contributed by atoms with Crippen LogP contribution < -0.4 is 16.0 Å². The van der Waals surface area contributed by atoms with Crippen LogP contribution in [0.3, 0.4) is 0 Å². The van der Waals surface area contributed by atoms with Gasteiger partial charge in [-0.15, -0.1) is 0 Å². The number of hydrogen-bond acceptors (Lipinski definition) is 8. The van der Waals surface area contributed by atoms with Crippen molar-refractivity contribution in [2.24, 2.45) is 11.7 Å². The first kappa shape index (κ1) is 27.3. The highest BCUT2D eigenvalue weighted by molar-refractivity contribution is 5.69. The van der Waals surface area contributed by atoms with E-state index in [-0.39, 0.29) is 19.0 Å². The second-order valence-electron chi connectivity index (χ2n) is 10.5. The fourth-order valence-electron chi connectivity index (χ4n) is 5.41. The number of pyridine rings is 2. The van der Waals surface area contributed by atoms with Crippen LogP contribution in [0.1, 0.15) is 24.6 Å². The summed E-state index contributed by atoms with van der Waals surface area (Å²) in [6, 6.07) is 6.44. The zero-order valence-electron chi connectivity index (χ0n) is 21.7. The van der Waals surface area contributed by atoms with Crippen molar-refractivity contribution in [3.05, 3.63) is 71.4 Å². The third-order valence-electron chi connectivity index (χ3n) is 7.46. The van der Waals surface area contributed by atoms with Gasteiger partial charge in [-0.1, -0.05) is 6.92 Å². The fourth-order valence-corrected chi connectivity index (χ4v) is 5.41. The van der Waals surface area contributed by atoms with E-state index in [4.69, 9.17) is 5.73 Å². The standard InChI is InChI=1S/C28H33F3N6O2/c1-16-12-37(15-23(32)28(16)39)25-4-6-33-11-24(25)34-10-18-2-3-20(29)27(35-18)26-21(30)8-17(9-22(26)31)13-36-7-5-19(38)14-36/h2-4,6,8-9,11,16,19,23,28,34,38-39H,5,7,10,12-15,32H2,1H3. The van der Waals surface area contributed by atoms with Crippen LogP contribution in [0.4, 0.5) is 24.5 Å². The number of benzene rings is 1. The summed E-state index contributed by atoms with van der Waals surface area (Å²) in [5, 5.41) is 23.2. The first-order chi connectivity index (χ1) is 18.7. The molecule has 1 aromatic carbocycles. The molecule has 8 nitrogen and oxygen atoms in total. The van der Waals surface area contributed by atoms with Crippen molar-refractivity contribution in [2.75, 3.05) is 36.4 Å². The van der Waals surface area contributed by atoms with Crippen molar-refractivity contribution in [3.8, 4) is 11.3 Å². The topological polar surface area (TPSA) is 111 Å². The van der Waals surface area contributed by atoms with Crippen LogP contribution in [0.2, 0.25) is 0 Å². The second kappa shape index (κ2) is 11.5. The number of β-amino-alcohol motifs (C(OH)–C–C–N with tert-alkyl or cyclic N) is 1. The minimum absolute atomic E-state index is 0.0192. The summed E-state index contributed by atoms with van der Waals surface area (Å²) in [5.74, 6) is -2.64. The second-order valence-corrected chi connectivity index (χ2v) is 10.5. The molecule has 3 aromatic rings. The third kappa shape index (κ3) is 6.01. The normalized spacial score (nSPS) is 23.8. The molecule has 39 heavy (non-hydrogen) atoms. The van der Waals surface area contributed by atoms with E-state index >= 15 is 8.78 Å². The molecule has 5 N–H and O–H groups in total. The fraction of sp³-hybridized carbons (Fsp3) is 0.429. The van der Waals surface area contributed by atoms with Gasteiger partial charge in [0.25, 0.3) is 0 Å². The summed E-state index contributed by atoms with van der Waals surface area (Å²) in [6.07, 6.45) is 2.91. The molecular weight excluding hydrogens is 509 g/mol. The molecule has 4 atom stereocenters. The molecule has 0 bridgehead atoms. The Labute approximate surface area is 225 Å². The predicted octanol–water partition coefficient (Wildman–Crippen LogP) is 2.88. The summed E-state index contributed by atoms with van der Waals surface area (Å²) in [4.78, 5) is 12.4. The maximum absolute atomic E-state index is 15.1. The number of rotatable bonds is 7. The van der Waals surface area contributed by atoms with E-state index in [1.165, 1.54) is 18.2 Å². The monoisotopic (exact) mass is 542 g/mol. The average molecular weight is 543 g/mol. The largest absolute Gasteiger partial charge is 0.392 e. The van der Waals surface area contributed by atoms with E-state index in [9.17, 15) is 14.6 Å². The Morgan fingerprint density at radius 3 is 2.51 bits per heavy atom. The number of nitrogens with zero attached hydrogens (tertiary/aromatic N) is 4. The van der Waals surface area contributed by atoms with Gasteiger partial charge < -0.3 is 26.2 Å². The minimum atomic E-state index is -0.895. The molecule has 2 saturated heterocycles. The molecule has 2 aliphatic rings. The minimum Gasteiger partial charge on any atom is -0.392 e. The number of nitrogens with one attached hydrogen (secondary N) is 1. The zero-order valence-corrected chi connectivity index (χ0v) is 21.7. The SMILES string of the molecule is CC1CN(c2ccncc2NCc2ccc(F)c(-c3c(F)cc(CN4CCC(O)C4)cc3F)n2)CC(N)C1O. The molecule has 2 aromatic heterocycles. The Balaban J connectivity index is 1.34. The van der Waals surface area contributed by atoms with Crippen LogP contribution in [0, 0.1) is 23.4 Å². The summed E-state index contributed by atoms with van der Waals surface area (Å²) in [6.45, 7) is 4.55. The smallest absolute Gasteiger partial charge is 0.149 e. The van der Waals surface area contributed by atoms with Gasteiger partial charge in [0, 0.05) is 50.9 Å². The molecule has 0 aliphatic carbocycles. The lowest BCUT2D eigenvalue weighted by molar-refractivity contribution is 0.0785. The molecule has 2 aliphatic heterocycles. The molecular formula is C28H33F3N6O2. The van der Waals surface area contributed by atoms with Gasteiger partial charge in [0.1, 0.15) is 23.1 Å². The molecule has 0 amide bonds. The van der Waals surface area contributed by atoms with Gasteiger partial charge in [-0.2, -0.15) is 0 Å². The summed E-state index contributed by atoms with van der Waals surface area (Å²) in [5.41, 5.74) is 7.54. The lowest BCUT2D eigenvalue weighted by atomic mass is 9.92. The molecule has 2 fully saturated rings. The van der Waals surface area contributed by atoms with Crippen LogP contribution in [0.25, 0.3) is 11.3 Å². The van der Waals surface area contributed by atoms with Gasteiger partial charge in [-0.25, -0.2) is 18.2 Å². The molecule has 4 heterocycles. The molecule has 5 rings (SSSR count). The van der Waals surface area contributed by atoms with Crippen LogP contribution in [0.5, 0.6) is 0 Å². The van der Waals surface area contributed by atoms with Gasteiger partial charge >= 0.3 is 0 Å². The highest BCUT2D eigenvalue weighted by atomic mass is 19.1. The molecule has 0 spiro atoms. The maximum atomic E-state index is 15.1. The zero-order chi connectivity index (χ0) is 27.7. The molecule has 4 unspecified atom stereocenters. The van der Waals surface area contributed by atoms with E-state index in [1.54, 1.807) is 12.4 Å². The van der Waals surface area contributed by atoms with Gasteiger partial charge in [0.2, 0.25) is 0 Å². The molecule has 11 heteroatoms. The first-order valence-electron chi connectivity index (χ1n) is 13.1. The van der Waals surface area contributed by atoms with Crippen molar-refractivity contribution in [1.82, 2.24) is 14.9 Å². The molecule has 0 saturated carbocycles. The van der Waals surface area contributed by atoms with Crippen LogP contribution >= 0.6 is 0 Å². The van der Waals surface area contributed by atoms with E-state index < -0.39 is 47.0 Å². The highest BCUT2D eigenvalue weighted by Gasteiger charge is 2.32. The molecule has 208 valence electrons. The van der Waals surface area contributed by atoms with Gasteiger partial charge in [-0.05, 0) is 42.3 Å². The quantitative estimate of drug-likeness (QED) is 0.361. The Kier molecular flexibility index (Phi) is 8.03. The number of likely N-dealkylation sites (tertiary alicyclic amines) is 1. The maximum Gasteiger partial charge on any atom is 0.149 e. The van der Waals surface area contributed by atoms with Crippen molar-refractivity contribution in [2.45, 2.75) is 44.7 Å². The third-order valence-corrected chi connectivity index (χ3v) is 7.46. The lowest BCUT2D eigenvalue weighted by Gasteiger charge is -2.40. The lowest BCUT2D eigenvalue weighted by Crippen LogP contribution is -2.55. The van der Waals surface area contributed by atoms with E-state index in [2.05, 4.69) is 20.2 Å². The van der Waals surface area contributed by atoms with Crippen molar-refractivity contribution in [3.63, 3.8) is 0 Å². The number of anilines is 2. The number of halogens is 3. The van der Waals surface area contributed by atoms with Crippen LogP contribution in [-0.2, 0) is 13.1 Å². The number of aliphatic hydroxyl groups excluding tert-OH is 2. The summed E-state index contributed by atoms with van der Waals surface area (Å²) >= 11 is 0. The van der Waals surface area contributed by atoms with E-state index in [0.29, 0.717) is 49.5 Å². The number of hydrogen-bond donors (Lipinski definition) is 4.